The molecule has 0 saturated carbocycles. The van der Waals surface area contributed by atoms with Crippen molar-refractivity contribution in [3.05, 3.63) is 35.9 Å². The van der Waals surface area contributed by atoms with E-state index in [0.717, 1.165) is 23.3 Å². The van der Waals surface area contributed by atoms with E-state index in [4.69, 9.17) is 5.73 Å². The molecular weight excluding hydrogens is 194 g/mol. The number of fused-ring (bicyclic) bond motifs is 1. The number of amides is 1. The summed E-state index contributed by atoms with van der Waals surface area (Å²) in [6.07, 6.45) is 2.46. The van der Waals surface area contributed by atoms with Crippen LogP contribution in [0, 0.1) is 0 Å². The lowest BCUT2D eigenvalue weighted by molar-refractivity contribution is -0.113. The summed E-state index contributed by atoms with van der Waals surface area (Å²) in [5, 5.41) is 0. The summed E-state index contributed by atoms with van der Waals surface area (Å²) in [5.74, 6) is 0.664. The molecule has 1 aliphatic rings. The zero-order valence-electron chi connectivity index (χ0n) is 7.69. The Morgan fingerprint density at radius 1 is 1.43 bits per heavy atom. The molecule has 0 spiro atoms. The van der Waals surface area contributed by atoms with Crippen LogP contribution in [0.4, 0.5) is 0 Å². The molecule has 0 unspecified atom stereocenters. The Labute approximate surface area is 87.2 Å². The second kappa shape index (κ2) is 3.88. The van der Waals surface area contributed by atoms with E-state index in [-0.39, 0.29) is 5.91 Å². The minimum atomic E-state index is -0.360. The maximum Gasteiger partial charge on any atom is 0.241 e. The molecule has 1 aromatic carbocycles. The van der Waals surface area contributed by atoms with E-state index in [0.29, 0.717) is 0 Å². The van der Waals surface area contributed by atoms with Crippen LogP contribution < -0.4 is 5.73 Å². The highest BCUT2D eigenvalue weighted by molar-refractivity contribution is 7.99. The molecule has 1 amide bonds. The van der Waals surface area contributed by atoms with E-state index in [1.165, 1.54) is 4.90 Å². The van der Waals surface area contributed by atoms with Crippen molar-refractivity contribution in [3.63, 3.8) is 0 Å². The largest absolute Gasteiger partial charge is 0.366 e. The lowest BCUT2D eigenvalue weighted by Crippen LogP contribution is -2.08. The zero-order valence-corrected chi connectivity index (χ0v) is 8.51. The fourth-order valence-electron chi connectivity index (χ4n) is 1.59. The first kappa shape index (κ1) is 9.34. The maximum atomic E-state index is 10.8. The molecule has 0 bridgehead atoms. The molecule has 0 fully saturated rings. The van der Waals surface area contributed by atoms with E-state index < -0.39 is 0 Å². The number of carbonyl (C=O) groups excluding carboxylic acids is 1. The number of thioether (sulfide) groups is 1. The van der Waals surface area contributed by atoms with Crippen molar-refractivity contribution in [3.8, 4) is 0 Å². The molecule has 2 nitrogen and oxygen atoms in total. The van der Waals surface area contributed by atoms with Crippen LogP contribution in [0.25, 0.3) is 5.57 Å². The van der Waals surface area contributed by atoms with E-state index in [9.17, 15) is 4.79 Å². The summed E-state index contributed by atoms with van der Waals surface area (Å²) >= 11 is 1.83. The van der Waals surface area contributed by atoms with Gasteiger partial charge in [0.25, 0.3) is 0 Å². The Morgan fingerprint density at radius 3 is 3.00 bits per heavy atom. The number of benzene rings is 1. The summed E-state index contributed by atoms with van der Waals surface area (Å²) in [5.41, 5.74) is 7.38. The van der Waals surface area contributed by atoms with Crippen LogP contribution in [0.3, 0.4) is 0 Å². The predicted molar refractivity (Wildman–Crippen MR) is 59.0 cm³/mol. The van der Waals surface area contributed by atoms with Gasteiger partial charge in [-0.3, -0.25) is 4.79 Å². The van der Waals surface area contributed by atoms with Gasteiger partial charge < -0.3 is 5.73 Å². The smallest absolute Gasteiger partial charge is 0.241 e. The summed E-state index contributed by atoms with van der Waals surface area (Å²) in [4.78, 5) is 12.1. The van der Waals surface area contributed by atoms with Crippen molar-refractivity contribution < 1.29 is 4.79 Å². The SMILES string of the molecule is NC(=O)C=C1CCSc2ccccc21. The van der Waals surface area contributed by atoms with Crippen molar-refractivity contribution >= 4 is 23.2 Å². The molecule has 0 atom stereocenters. The highest BCUT2D eigenvalue weighted by atomic mass is 32.2. The Hall–Kier alpha value is -1.22. The third-order valence-electron chi connectivity index (χ3n) is 2.18. The molecule has 0 radical (unpaired) electrons. The normalized spacial score (nSPS) is 17.9. The van der Waals surface area contributed by atoms with Gasteiger partial charge in [0.05, 0.1) is 0 Å². The lowest BCUT2D eigenvalue weighted by Gasteiger charge is -2.17. The molecule has 1 heterocycles. The minimum Gasteiger partial charge on any atom is -0.366 e. The predicted octanol–water partition coefficient (Wildman–Crippen LogP) is 2.05. The van der Waals surface area contributed by atoms with Crippen LogP contribution in [0.2, 0.25) is 0 Å². The van der Waals surface area contributed by atoms with Crippen LogP contribution in [-0.2, 0) is 4.79 Å². The molecule has 0 aliphatic carbocycles. The highest BCUT2D eigenvalue weighted by Gasteiger charge is 2.13. The van der Waals surface area contributed by atoms with Gasteiger partial charge in [-0.1, -0.05) is 18.2 Å². The Balaban J connectivity index is 2.45. The second-order valence-electron chi connectivity index (χ2n) is 3.17. The minimum absolute atomic E-state index is 0.360. The number of primary amides is 1. The Kier molecular flexibility index (Phi) is 2.59. The number of hydrogen-bond acceptors (Lipinski definition) is 2. The quantitative estimate of drug-likeness (QED) is 0.713. The van der Waals surface area contributed by atoms with Gasteiger partial charge in [0, 0.05) is 16.7 Å². The van der Waals surface area contributed by atoms with Gasteiger partial charge in [-0.2, -0.15) is 0 Å². The molecule has 1 aromatic rings. The Morgan fingerprint density at radius 2 is 2.21 bits per heavy atom. The van der Waals surface area contributed by atoms with E-state index in [2.05, 4.69) is 6.07 Å². The van der Waals surface area contributed by atoms with Crippen LogP contribution in [0.5, 0.6) is 0 Å². The van der Waals surface area contributed by atoms with Crippen molar-refractivity contribution in [1.29, 1.82) is 0 Å². The molecule has 2 N–H and O–H groups in total. The molecule has 0 aromatic heterocycles. The highest BCUT2D eigenvalue weighted by Crippen LogP contribution is 2.36. The van der Waals surface area contributed by atoms with Crippen LogP contribution >= 0.6 is 11.8 Å². The molecule has 3 heteroatoms. The summed E-state index contributed by atoms with van der Waals surface area (Å²) in [7, 11) is 0. The fourth-order valence-corrected chi connectivity index (χ4v) is 2.66. The number of nitrogens with two attached hydrogens (primary N) is 1. The van der Waals surface area contributed by atoms with Gasteiger partial charge in [0.2, 0.25) is 5.91 Å². The number of allylic oxidation sites excluding steroid dienone is 1. The first-order valence-corrected chi connectivity index (χ1v) is 5.48. The Bertz CT molecular complexity index is 398. The topological polar surface area (TPSA) is 43.1 Å². The molecule has 1 aliphatic heterocycles. The van der Waals surface area contributed by atoms with Crippen molar-refractivity contribution in [1.82, 2.24) is 0 Å². The second-order valence-corrected chi connectivity index (χ2v) is 4.30. The number of rotatable bonds is 1. The average Bonchev–Trinajstić information content (AvgIpc) is 2.18. The van der Waals surface area contributed by atoms with Crippen LogP contribution in [0.1, 0.15) is 12.0 Å². The maximum absolute atomic E-state index is 10.8. The fraction of sp³-hybridized carbons (Fsp3) is 0.182. The standard InChI is InChI=1S/C11H11NOS/c12-11(13)7-8-5-6-14-10-4-2-1-3-9(8)10/h1-4,7H,5-6H2,(H2,12,13). The van der Waals surface area contributed by atoms with Gasteiger partial charge in [-0.25, -0.2) is 0 Å². The monoisotopic (exact) mass is 205 g/mol. The molecule has 72 valence electrons. The third kappa shape index (κ3) is 1.82. The summed E-state index contributed by atoms with van der Waals surface area (Å²) in [6.45, 7) is 0. The van der Waals surface area contributed by atoms with Gasteiger partial charge in [-0.05, 0) is 23.6 Å². The van der Waals surface area contributed by atoms with E-state index in [1.807, 2.05) is 30.0 Å². The first-order chi connectivity index (χ1) is 6.77. The third-order valence-corrected chi connectivity index (χ3v) is 3.25. The van der Waals surface area contributed by atoms with Gasteiger partial charge in [0.1, 0.15) is 0 Å². The van der Waals surface area contributed by atoms with E-state index in [1.54, 1.807) is 6.08 Å². The average molecular weight is 205 g/mol. The van der Waals surface area contributed by atoms with Crippen LogP contribution in [0.15, 0.2) is 35.2 Å². The van der Waals surface area contributed by atoms with Crippen molar-refractivity contribution in [2.75, 3.05) is 5.75 Å². The van der Waals surface area contributed by atoms with Crippen molar-refractivity contribution in [2.24, 2.45) is 5.73 Å². The summed E-state index contributed by atoms with van der Waals surface area (Å²) < 4.78 is 0. The number of carbonyl (C=O) groups is 1. The zero-order chi connectivity index (χ0) is 9.97. The van der Waals surface area contributed by atoms with E-state index >= 15 is 0 Å². The van der Waals surface area contributed by atoms with Gasteiger partial charge >= 0.3 is 0 Å². The first-order valence-electron chi connectivity index (χ1n) is 4.49. The molecule has 14 heavy (non-hydrogen) atoms. The molecular formula is C11H11NOS. The number of hydrogen-bond donors (Lipinski definition) is 1. The van der Waals surface area contributed by atoms with Gasteiger partial charge in [0.15, 0.2) is 0 Å². The van der Waals surface area contributed by atoms with Gasteiger partial charge in [-0.15, -0.1) is 11.8 Å². The van der Waals surface area contributed by atoms with Crippen molar-refractivity contribution in [2.45, 2.75) is 11.3 Å². The lowest BCUT2D eigenvalue weighted by atomic mass is 10.0. The molecule has 2 rings (SSSR count). The van der Waals surface area contributed by atoms with Crippen LogP contribution in [-0.4, -0.2) is 11.7 Å². The summed E-state index contributed by atoms with van der Waals surface area (Å²) in [6, 6.07) is 8.11. The molecule has 0 saturated heterocycles.